The van der Waals surface area contributed by atoms with E-state index in [9.17, 15) is 9.00 Å². The Morgan fingerprint density at radius 1 is 1.48 bits per heavy atom. The van der Waals surface area contributed by atoms with Crippen molar-refractivity contribution in [2.24, 2.45) is 5.92 Å². The Morgan fingerprint density at radius 3 is 2.90 bits per heavy atom. The van der Waals surface area contributed by atoms with Crippen molar-refractivity contribution in [3.05, 3.63) is 35.4 Å². The third kappa shape index (κ3) is 5.41. The molecule has 1 amide bonds. The molecule has 1 saturated heterocycles. The van der Waals surface area contributed by atoms with Gasteiger partial charge in [0.15, 0.2) is 0 Å². The number of hydrogen-bond donors (Lipinski definition) is 2. The van der Waals surface area contributed by atoms with Crippen LogP contribution in [0.2, 0.25) is 0 Å². The minimum atomic E-state index is -0.892. The van der Waals surface area contributed by atoms with Gasteiger partial charge in [0.05, 0.1) is 0 Å². The van der Waals surface area contributed by atoms with E-state index in [1.165, 1.54) is 0 Å². The van der Waals surface area contributed by atoms with Crippen LogP contribution in [0, 0.1) is 5.92 Å². The molecule has 21 heavy (non-hydrogen) atoms. The highest BCUT2D eigenvalue weighted by Gasteiger charge is 2.23. The number of carbonyl (C=O) groups is 1. The molecule has 0 bridgehead atoms. The van der Waals surface area contributed by atoms with E-state index in [4.69, 9.17) is 0 Å². The molecule has 1 aromatic rings. The van der Waals surface area contributed by atoms with Crippen LogP contribution in [0.3, 0.4) is 0 Å². The van der Waals surface area contributed by atoms with Crippen molar-refractivity contribution >= 4 is 29.1 Å². The summed E-state index contributed by atoms with van der Waals surface area (Å²) in [5.74, 6) is 0.934. The maximum Gasteiger partial charge on any atom is 0.251 e. The molecule has 6 heteroatoms. The number of piperidine rings is 1. The lowest BCUT2D eigenvalue weighted by Crippen LogP contribution is -2.50. The van der Waals surface area contributed by atoms with Gasteiger partial charge in [-0.3, -0.25) is 9.00 Å². The largest absolute Gasteiger partial charge is 0.348 e. The molecular weight excluding hydrogens is 308 g/mol. The molecule has 2 N–H and O–H groups in total. The fourth-order valence-electron chi connectivity index (χ4n) is 2.47. The number of nitrogens with one attached hydrogen (secondary N) is 2. The summed E-state index contributed by atoms with van der Waals surface area (Å²) in [5.41, 5.74) is 1.58. The van der Waals surface area contributed by atoms with E-state index in [-0.39, 0.29) is 24.4 Å². The van der Waals surface area contributed by atoms with E-state index < -0.39 is 10.8 Å². The lowest BCUT2D eigenvalue weighted by atomic mass is 9.94. The Bertz CT molecular complexity index is 510. The Kier molecular flexibility index (Phi) is 7.35. The summed E-state index contributed by atoms with van der Waals surface area (Å²) in [5, 5.41) is 6.39. The predicted octanol–water partition coefficient (Wildman–Crippen LogP) is 1.71. The molecule has 0 saturated carbocycles. The molecule has 0 spiro atoms. The van der Waals surface area contributed by atoms with Gasteiger partial charge >= 0.3 is 0 Å². The summed E-state index contributed by atoms with van der Waals surface area (Å²) < 4.78 is 11.3. The maximum atomic E-state index is 12.3. The molecule has 1 fully saturated rings. The Hall–Kier alpha value is -0.910. The van der Waals surface area contributed by atoms with Gasteiger partial charge in [-0.2, -0.15) is 0 Å². The van der Waals surface area contributed by atoms with Crippen LogP contribution in [-0.4, -0.2) is 35.5 Å². The van der Waals surface area contributed by atoms with E-state index in [1.807, 2.05) is 18.2 Å². The average molecular weight is 331 g/mol. The molecule has 0 radical (unpaired) electrons. The first-order chi connectivity index (χ1) is 9.56. The van der Waals surface area contributed by atoms with Crippen LogP contribution in [0.4, 0.5) is 0 Å². The SMILES string of the molecule is CC1CCNCC1NC(=O)c1cccc(CS(C)=O)c1.Cl. The fraction of sp³-hybridized carbons (Fsp3) is 0.533. The van der Waals surface area contributed by atoms with Gasteiger partial charge in [0.1, 0.15) is 0 Å². The molecule has 3 unspecified atom stereocenters. The number of rotatable bonds is 4. The second-order valence-corrected chi connectivity index (χ2v) is 6.90. The van der Waals surface area contributed by atoms with Crippen molar-refractivity contribution < 1.29 is 9.00 Å². The highest BCUT2D eigenvalue weighted by molar-refractivity contribution is 7.83. The average Bonchev–Trinajstić information content (AvgIpc) is 2.41. The van der Waals surface area contributed by atoms with E-state index in [0.29, 0.717) is 17.2 Å². The smallest absolute Gasteiger partial charge is 0.251 e. The maximum absolute atomic E-state index is 12.3. The normalized spacial score (nSPS) is 23.0. The molecular formula is C15H23ClN2O2S. The van der Waals surface area contributed by atoms with Crippen LogP contribution < -0.4 is 10.6 Å². The Balaban J connectivity index is 0.00000220. The van der Waals surface area contributed by atoms with Gasteiger partial charge in [-0.25, -0.2) is 0 Å². The summed E-state index contributed by atoms with van der Waals surface area (Å²) in [7, 11) is -0.892. The first-order valence-corrected chi connectivity index (χ1v) is 8.69. The molecule has 2 rings (SSSR count). The van der Waals surface area contributed by atoms with Crippen LogP contribution in [-0.2, 0) is 16.6 Å². The molecule has 1 aliphatic rings. The van der Waals surface area contributed by atoms with Gasteiger partial charge in [-0.15, -0.1) is 12.4 Å². The first kappa shape index (κ1) is 18.1. The van der Waals surface area contributed by atoms with E-state index in [1.54, 1.807) is 12.3 Å². The van der Waals surface area contributed by atoms with Crippen molar-refractivity contribution in [3.8, 4) is 0 Å². The summed E-state index contributed by atoms with van der Waals surface area (Å²) in [6, 6.07) is 7.57. The van der Waals surface area contributed by atoms with Crippen molar-refractivity contribution in [2.45, 2.75) is 25.1 Å². The van der Waals surface area contributed by atoms with Gasteiger partial charge in [0.2, 0.25) is 0 Å². The van der Waals surface area contributed by atoms with Crippen molar-refractivity contribution in [2.75, 3.05) is 19.3 Å². The molecule has 3 atom stereocenters. The van der Waals surface area contributed by atoms with Crippen LogP contribution in [0.25, 0.3) is 0 Å². The number of hydrogen-bond acceptors (Lipinski definition) is 3. The van der Waals surface area contributed by atoms with E-state index >= 15 is 0 Å². The third-order valence-corrected chi connectivity index (χ3v) is 4.44. The molecule has 1 aliphatic heterocycles. The second kappa shape index (κ2) is 8.51. The van der Waals surface area contributed by atoms with Crippen LogP contribution in [0.15, 0.2) is 24.3 Å². The van der Waals surface area contributed by atoms with Crippen LogP contribution in [0.5, 0.6) is 0 Å². The van der Waals surface area contributed by atoms with E-state index in [0.717, 1.165) is 25.1 Å². The minimum absolute atomic E-state index is 0. The van der Waals surface area contributed by atoms with Crippen LogP contribution in [0.1, 0.15) is 29.3 Å². The third-order valence-electron chi connectivity index (χ3n) is 3.70. The number of carbonyl (C=O) groups excluding carboxylic acids is 1. The summed E-state index contributed by atoms with van der Waals surface area (Å²) in [6.45, 7) is 4.01. The van der Waals surface area contributed by atoms with Crippen LogP contribution >= 0.6 is 12.4 Å². The van der Waals surface area contributed by atoms with Gasteiger partial charge in [0.25, 0.3) is 5.91 Å². The molecule has 0 aliphatic carbocycles. The van der Waals surface area contributed by atoms with Gasteiger partial charge in [0, 0.05) is 41.0 Å². The second-order valence-electron chi connectivity index (χ2n) is 5.47. The van der Waals surface area contributed by atoms with Crippen molar-refractivity contribution in [3.63, 3.8) is 0 Å². The first-order valence-electron chi connectivity index (χ1n) is 6.97. The minimum Gasteiger partial charge on any atom is -0.348 e. The number of halogens is 1. The number of amides is 1. The quantitative estimate of drug-likeness (QED) is 0.883. The van der Waals surface area contributed by atoms with Gasteiger partial charge in [-0.05, 0) is 36.6 Å². The zero-order chi connectivity index (χ0) is 14.5. The summed E-state index contributed by atoms with van der Waals surface area (Å²) >= 11 is 0. The molecule has 118 valence electrons. The van der Waals surface area contributed by atoms with Crippen molar-refractivity contribution in [1.29, 1.82) is 0 Å². The zero-order valence-corrected chi connectivity index (χ0v) is 14.1. The molecule has 4 nitrogen and oxygen atoms in total. The zero-order valence-electron chi connectivity index (χ0n) is 12.4. The van der Waals surface area contributed by atoms with Crippen molar-refractivity contribution in [1.82, 2.24) is 10.6 Å². The number of benzene rings is 1. The fourth-order valence-corrected chi connectivity index (χ4v) is 3.12. The lowest BCUT2D eigenvalue weighted by molar-refractivity contribution is 0.0915. The summed E-state index contributed by atoms with van der Waals surface area (Å²) in [6.07, 6.45) is 2.75. The Labute approximate surface area is 134 Å². The monoisotopic (exact) mass is 330 g/mol. The van der Waals surface area contributed by atoms with E-state index in [2.05, 4.69) is 17.6 Å². The van der Waals surface area contributed by atoms with Gasteiger partial charge < -0.3 is 10.6 Å². The highest BCUT2D eigenvalue weighted by atomic mass is 35.5. The standard InChI is InChI=1S/C15H22N2O2S.ClH/c1-11-6-7-16-9-14(11)17-15(18)13-5-3-4-12(8-13)10-20(2)19;/h3-5,8,11,14,16H,6-7,9-10H2,1-2H3,(H,17,18);1H. The van der Waals surface area contributed by atoms with Gasteiger partial charge in [-0.1, -0.05) is 19.1 Å². The predicted molar refractivity (Wildman–Crippen MR) is 89.4 cm³/mol. The molecule has 1 aromatic carbocycles. The molecule has 0 aromatic heterocycles. The topological polar surface area (TPSA) is 58.2 Å². The Morgan fingerprint density at radius 2 is 2.24 bits per heavy atom. The lowest BCUT2D eigenvalue weighted by Gasteiger charge is -2.30. The summed E-state index contributed by atoms with van der Waals surface area (Å²) in [4.78, 5) is 12.3. The molecule has 1 heterocycles. The highest BCUT2D eigenvalue weighted by Crippen LogP contribution is 2.13.